The molecule has 0 saturated heterocycles. The topological polar surface area (TPSA) is 75.8 Å². The quantitative estimate of drug-likeness (QED) is 0.827. The molecule has 0 radical (unpaired) electrons. The lowest BCUT2D eigenvalue weighted by Crippen LogP contribution is -2.41. The smallest absolute Gasteiger partial charge is 0.225 e. The fourth-order valence-electron chi connectivity index (χ4n) is 2.73. The van der Waals surface area contributed by atoms with Crippen molar-refractivity contribution in [2.45, 2.75) is 38.4 Å². The van der Waals surface area contributed by atoms with E-state index in [1.165, 1.54) is 0 Å². The number of hydrogen-bond donors (Lipinski definition) is 2. The SMILES string of the molecule is CC(C)OCC(O)CN1CCC(C(N)=O)c2ccccc21. The fourth-order valence-corrected chi connectivity index (χ4v) is 2.73. The number of primary amides is 1. The molecule has 21 heavy (non-hydrogen) atoms. The van der Waals surface area contributed by atoms with Gasteiger partial charge in [-0.1, -0.05) is 18.2 Å². The molecule has 1 aromatic carbocycles. The molecule has 1 heterocycles. The number of hydrogen-bond acceptors (Lipinski definition) is 4. The third kappa shape index (κ3) is 3.95. The van der Waals surface area contributed by atoms with Crippen molar-refractivity contribution < 1.29 is 14.6 Å². The maximum absolute atomic E-state index is 11.6. The van der Waals surface area contributed by atoms with Crippen LogP contribution in [0.1, 0.15) is 31.7 Å². The highest BCUT2D eigenvalue weighted by atomic mass is 16.5. The van der Waals surface area contributed by atoms with Gasteiger partial charge in [-0.25, -0.2) is 0 Å². The lowest BCUT2D eigenvalue weighted by molar-refractivity contribution is -0.119. The van der Waals surface area contributed by atoms with Gasteiger partial charge in [0.25, 0.3) is 0 Å². The zero-order valence-corrected chi connectivity index (χ0v) is 12.7. The first kappa shape index (κ1) is 15.8. The Labute approximate surface area is 125 Å². The lowest BCUT2D eigenvalue weighted by atomic mass is 9.89. The van der Waals surface area contributed by atoms with E-state index in [4.69, 9.17) is 10.5 Å². The van der Waals surface area contributed by atoms with Crippen LogP contribution in [0.5, 0.6) is 0 Å². The van der Waals surface area contributed by atoms with Gasteiger partial charge in [-0.3, -0.25) is 4.79 Å². The van der Waals surface area contributed by atoms with Gasteiger partial charge in [0.15, 0.2) is 0 Å². The molecule has 0 bridgehead atoms. The fraction of sp³-hybridized carbons (Fsp3) is 0.562. The van der Waals surface area contributed by atoms with Gasteiger partial charge in [0, 0.05) is 18.8 Å². The number of fused-ring (bicyclic) bond motifs is 1. The number of β-amino-alcohol motifs (C(OH)–C–C–N with tert-alkyl or cyclic N) is 1. The number of ether oxygens (including phenoxy) is 1. The first-order valence-corrected chi connectivity index (χ1v) is 7.42. The second kappa shape index (κ2) is 6.91. The lowest BCUT2D eigenvalue weighted by Gasteiger charge is -2.35. The summed E-state index contributed by atoms with van der Waals surface area (Å²) in [4.78, 5) is 13.7. The van der Waals surface area contributed by atoms with E-state index in [2.05, 4.69) is 4.90 Å². The highest BCUT2D eigenvalue weighted by Gasteiger charge is 2.29. The van der Waals surface area contributed by atoms with Gasteiger partial charge in [0.1, 0.15) is 0 Å². The van der Waals surface area contributed by atoms with Crippen LogP contribution in [0.3, 0.4) is 0 Å². The average Bonchev–Trinajstić information content (AvgIpc) is 2.45. The van der Waals surface area contributed by atoms with E-state index in [0.29, 0.717) is 26.1 Å². The Balaban J connectivity index is 2.08. The number of nitrogens with two attached hydrogens (primary N) is 1. The number of aliphatic hydroxyl groups is 1. The van der Waals surface area contributed by atoms with E-state index in [1.807, 2.05) is 38.1 Å². The predicted molar refractivity (Wildman–Crippen MR) is 82.3 cm³/mol. The predicted octanol–water partition coefficient (Wildman–Crippen LogP) is 1.25. The summed E-state index contributed by atoms with van der Waals surface area (Å²) in [5, 5.41) is 10.1. The summed E-state index contributed by atoms with van der Waals surface area (Å²) in [6.45, 7) is 5.41. The Bertz CT molecular complexity index is 490. The summed E-state index contributed by atoms with van der Waals surface area (Å²) in [6, 6.07) is 7.76. The van der Waals surface area contributed by atoms with Crippen molar-refractivity contribution in [3.05, 3.63) is 29.8 Å². The molecule has 2 atom stereocenters. The third-order valence-corrected chi connectivity index (χ3v) is 3.74. The molecule has 116 valence electrons. The molecule has 0 fully saturated rings. The third-order valence-electron chi connectivity index (χ3n) is 3.74. The van der Waals surface area contributed by atoms with Crippen LogP contribution in [0.25, 0.3) is 0 Å². The van der Waals surface area contributed by atoms with Crippen LogP contribution in [0.2, 0.25) is 0 Å². The first-order chi connectivity index (χ1) is 9.99. The van der Waals surface area contributed by atoms with Crippen LogP contribution in [-0.2, 0) is 9.53 Å². The largest absolute Gasteiger partial charge is 0.389 e. The second-order valence-electron chi connectivity index (χ2n) is 5.78. The Morgan fingerprint density at radius 1 is 1.48 bits per heavy atom. The minimum atomic E-state index is -0.550. The van der Waals surface area contributed by atoms with Crippen LogP contribution in [0.4, 0.5) is 5.69 Å². The molecule has 5 nitrogen and oxygen atoms in total. The zero-order valence-electron chi connectivity index (χ0n) is 12.7. The Kier molecular flexibility index (Phi) is 5.20. The van der Waals surface area contributed by atoms with Crippen LogP contribution in [0.15, 0.2) is 24.3 Å². The number of anilines is 1. The summed E-state index contributed by atoms with van der Waals surface area (Å²) in [6.07, 6.45) is 0.238. The van der Waals surface area contributed by atoms with E-state index < -0.39 is 6.10 Å². The van der Waals surface area contributed by atoms with Gasteiger partial charge in [-0.05, 0) is 31.9 Å². The number of amides is 1. The van der Waals surface area contributed by atoms with E-state index in [-0.39, 0.29) is 17.9 Å². The normalized spacial score (nSPS) is 19.4. The van der Waals surface area contributed by atoms with Crippen molar-refractivity contribution in [3.8, 4) is 0 Å². The van der Waals surface area contributed by atoms with Gasteiger partial charge >= 0.3 is 0 Å². The molecule has 1 aliphatic heterocycles. The molecular weight excluding hydrogens is 268 g/mol. The van der Waals surface area contributed by atoms with Crippen LogP contribution < -0.4 is 10.6 Å². The van der Waals surface area contributed by atoms with E-state index >= 15 is 0 Å². The molecule has 1 aromatic rings. The Morgan fingerprint density at radius 3 is 2.86 bits per heavy atom. The highest BCUT2D eigenvalue weighted by Crippen LogP contribution is 2.34. The van der Waals surface area contributed by atoms with Gasteiger partial charge in [0.2, 0.25) is 5.91 Å². The zero-order chi connectivity index (χ0) is 15.4. The number of aliphatic hydroxyl groups excluding tert-OH is 1. The average molecular weight is 292 g/mol. The van der Waals surface area contributed by atoms with Gasteiger partial charge in [-0.15, -0.1) is 0 Å². The van der Waals surface area contributed by atoms with Crippen molar-refractivity contribution in [1.82, 2.24) is 0 Å². The van der Waals surface area contributed by atoms with Gasteiger partial charge in [-0.2, -0.15) is 0 Å². The number of para-hydroxylation sites is 1. The molecule has 2 rings (SSSR count). The maximum atomic E-state index is 11.6. The number of rotatable bonds is 6. The molecular formula is C16H24N2O3. The summed E-state index contributed by atoms with van der Waals surface area (Å²) < 4.78 is 5.44. The standard InChI is InChI=1S/C16H24N2O3/c1-11(2)21-10-12(19)9-18-8-7-14(16(17)20)13-5-3-4-6-15(13)18/h3-6,11-12,14,19H,7-10H2,1-2H3,(H2,17,20). The van der Waals surface area contributed by atoms with Gasteiger partial charge < -0.3 is 20.5 Å². The number of benzene rings is 1. The van der Waals surface area contributed by atoms with E-state index in [1.54, 1.807) is 0 Å². The van der Waals surface area contributed by atoms with Crippen molar-refractivity contribution in [2.75, 3.05) is 24.6 Å². The monoisotopic (exact) mass is 292 g/mol. The maximum Gasteiger partial charge on any atom is 0.225 e. The van der Waals surface area contributed by atoms with Crippen molar-refractivity contribution in [2.24, 2.45) is 5.73 Å². The number of nitrogens with zero attached hydrogens (tertiary/aromatic N) is 1. The molecule has 0 aromatic heterocycles. The Morgan fingerprint density at radius 2 is 2.19 bits per heavy atom. The summed E-state index contributed by atoms with van der Waals surface area (Å²) in [5.41, 5.74) is 7.42. The van der Waals surface area contributed by atoms with E-state index in [0.717, 1.165) is 11.3 Å². The van der Waals surface area contributed by atoms with Crippen molar-refractivity contribution >= 4 is 11.6 Å². The highest BCUT2D eigenvalue weighted by molar-refractivity contribution is 5.85. The van der Waals surface area contributed by atoms with Crippen LogP contribution in [0, 0.1) is 0 Å². The molecule has 0 saturated carbocycles. The molecule has 0 aliphatic carbocycles. The van der Waals surface area contributed by atoms with Crippen LogP contribution in [-0.4, -0.2) is 42.9 Å². The first-order valence-electron chi connectivity index (χ1n) is 7.42. The van der Waals surface area contributed by atoms with Crippen molar-refractivity contribution in [3.63, 3.8) is 0 Å². The number of carbonyl (C=O) groups is 1. The van der Waals surface area contributed by atoms with Crippen LogP contribution >= 0.6 is 0 Å². The molecule has 2 unspecified atom stereocenters. The Hall–Kier alpha value is -1.59. The molecule has 1 aliphatic rings. The minimum Gasteiger partial charge on any atom is -0.389 e. The molecule has 1 amide bonds. The minimum absolute atomic E-state index is 0.104. The molecule has 5 heteroatoms. The summed E-state index contributed by atoms with van der Waals surface area (Å²) in [5.74, 6) is -0.521. The summed E-state index contributed by atoms with van der Waals surface area (Å²) >= 11 is 0. The number of carbonyl (C=O) groups excluding carboxylic acids is 1. The van der Waals surface area contributed by atoms with E-state index in [9.17, 15) is 9.90 Å². The molecule has 3 N–H and O–H groups in total. The molecule has 0 spiro atoms. The second-order valence-corrected chi connectivity index (χ2v) is 5.78. The summed E-state index contributed by atoms with van der Waals surface area (Å²) in [7, 11) is 0. The van der Waals surface area contributed by atoms with Crippen molar-refractivity contribution in [1.29, 1.82) is 0 Å². The van der Waals surface area contributed by atoms with Gasteiger partial charge in [0.05, 0.1) is 24.7 Å².